The molecule has 1 aliphatic carbocycles. The molecule has 3 aliphatic rings. The van der Waals surface area contributed by atoms with Gasteiger partial charge >= 0.3 is 6.01 Å². The number of aromatic hydroxyl groups is 1. The second kappa shape index (κ2) is 11.0. The minimum Gasteiger partial charge on any atom is -0.508 e. The first-order chi connectivity index (χ1) is 19.9. The van der Waals surface area contributed by atoms with Crippen molar-refractivity contribution < 1.29 is 23.4 Å². The zero-order valence-electron chi connectivity index (χ0n) is 24.2. The first-order valence-electron chi connectivity index (χ1n) is 14.5. The van der Waals surface area contributed by atoms with Crippen molar-refractivity contribution in [1.29, 1.82) is 0 Å². The van der Waals surface area contributed by atoms with Crippen LogP contribution in [-0.4, -0.2) is 76.5 Å². The standard InChI is InChI=1S/C31H36F2IN5O3/c1-19-7-8-31(32,33)11-12-39(19)27-23-15-38(28(41)22-14-21(40)13-20-5-4-6-24(34)26(20)22)16-25(23)35-29(36-27)42-18-30(9-10-30)17-37(2)3/h4-6,13-14,19,40H,7-12,15-18H2,1-3H3. The van der Waals surface area contributed by atoms with Crippen molar-refractivity contribution in [2.75, 3.05) is 38.7 Å². The molecule has 42 heavy (non-hydrogen) atoms. The molecule has 1 atom stereocenters. The third kappa shape index (κ3) is 5.86. The zero-order chi connectivity index (χ0) is 29.8. The van der Waals surface area contributed by atoms with Gasteiger partial charge in [0, 0.05) is 51.9 Å². The van der Waals surface area contributed by atoms with Crippen LogP contribution in [0.5, 0.6) is 11.8 Å². The Morgan fingerprint density at radius 3 is 2.69 bits per heavy atom. The summed E-state index contributed by atoms with van der Waals surface area (Å²) in [5, 5.41) is 12.0. The lowest BCUT2D eigenvalue weighted by Gasteiger charge is -2.30. The number of anilines is 1. The van der Waals surface area contributed by atoms with Crippen LogP contribution in [-0.2, 0) is 13.1 Å². The molecule has 1 amide bonds. The highest BCUT2D eigenvalue weighted by molar-refractivity contribution is 14.1. The Labute approximate surface area is 258 Å². The van der Waals surface area contributed by atoms with Crippen LogP contribution in [0.4, 0.5) is 14.6 Å². The summed E-state index contributed by atoms with van der Waals surface area (Å²) < 4.78 is 36.0. The van der Waals surface area contributed by atoms with Gasteiger partial charge < -0.3 is 24.5 Å². The fourth-order valence-electron chi connectivity index (χ4n) is 6.30. The van der Waals surface area contributed by atoms with Gasteiger partial charge in [-0.25, -0.2) is 8.78 Å². The highest BCUT2D eigenvalue weighted by atomic mass is 127. The quantitative estimate of drug-likeness (QED) is 0.313. The van der Waals surface area contributed by atoms with Crippen molar-refractivity contribution >= 4 is 45.1 Å². The number of halogens is 3. The van der Waals surface area contributed by atoms with Crippen LogP contribution in [0.3, 0.4) is 0 Å². The van der Waals surface area contributed by atoms with Crippen molar-refractivity contribution in [3.8, 4) is 11.8 Å². The van der Waals surface area contributed by atoms with Crippen molar-refractivity contribution in [2.45, 2.75) is 64.1 Å². The number of ether oxygens (including phenoxy) is 1. The van der Waals surface area contributed by atoms with E-state index < -0.39 is 5.92 Å². The predicted molar refractivity (Wildman–Crippen MR) is 165 cm³/mol. The maximum Gasteiger partial charge on any atom is 0.318 e. The van der Waals surface area contributed by atoms with Crippen LogP contribution >= 0.6 is 22.6 Å². The van der Waals surface area contributed by atoms with E-state index in [0.717, 1.165) is 39.3 Å². The Balaban J connectivity index is 1.34. The number of hydrogen-bond donors (Lipinski definition) is 1. The molecule has 6 rings (SSSR count). The SMILES string of the molecule is CC1CCC(F)(F)CCN1c1nc(OCC2(CN(C)C)CC2)nc2c1CN(C(=O)c1cc(O)cc3cccc(I)c13)C2. The van der Waals surface area contributed by atoms with E-state index in [2.05, 4.69) is 27.5 Å². The van der Waals surface area contributed by atoms with Crippen LogP contribution in [0.15, 0.2) is 30.3 Å². The summed E-state index contributed by atoms with van der Waals surface area (Å²) in [6.07, 6.45) is 2.06. The number of rotatable bonds is 7. The number of benzene rings is 2. The molecule has 0 spiro atoms. The molecule has 224 valence electrons. The van der Waals surface area contributed by atoms with Crippen LogP contribution in [0.25, 0.3) is 10.8 Å². The molecule has 1 saturated carbocycles. The van der Waals surface area contributed by atoms with Gasteiger partial charge in [0.25, 0.3) is 5.91 Å². The molecule has 1 N–H and O–H groups in total. The first kappa shape index (κ1) is 29.3. The maximum atomic E-state index is 14.4. The average Bonchev–Trinajstić information content (AvgIpc) is 3.58. The lowest BCUT2D eigenvalue weighted by atomic mass is 10.0. The summed E-state index contributed by atoms with van der Waals surface area (Å²) in [7, 11) is 4.09. The van der Waals surface area contributed by atoms with Gasteiger partial charge in [0.05, 0.1) is 31.0 Å². The number of alkyl halides is 2. The molecule has 2 aromatic carbocycles. The van der Waals surface area contributed by atoms with Gasteiger partial charge in [-0.15, -0.1) is 0 Å². The van der Waals surface area contributed by atoms with Gasteiger partial charge in [-0.3, -0.25) is 4.79 Å². The van der Waals surface area contributed by atoms with E-state index in [9.17, 15) is 18.7 Å². The lowest BCUT2D eigenvalue weighted by Crippen LogP contribution is -2.35. The van der Waals surface area contributed by atoms with Gasteiger partial charge in [0.1, 0.15) is 11.6 Å². The molecular formula is C31H36F2IN5O3. The average molecular weight is 692 g/mol. The largest absolute Gasteiger partial charge is 0.508 e. The number of carbonyl (C=O) groups is 1. The van der Waals surface area contributed by atoms with E-state index in [-0.39, 0.29) is 61.6 Å². The Morgan fingerprint density at radius 1 is 1.17 bits per heavy atom. The molecule has 11 heteroatoms. The molecule has 0 radical (unpaired) electrons. The second-order valence-corrected chi connectivity index (χ2v) is 13.6. The summed E-state index contributed by atoms with van der Waals surface area (Å²) in [5.74, 6) is -2.36. The monoisotopic (exact) mass is 691 g/mol. The number of nitrogens with zero attached hydrogens (tertiary/aromatic N) is 5. The number of amides is 1. The number of hydrogen-bond acceptors (Lipinski definition) is 7. The van der Waals surface area contributed by atoms with Crippen LogP contribution in [0.1, 0.15) is 60.6 Å². The van der Waals surface area contributed by atoms with Gasteiger partial charge in [0.15, 0.2) is 0 Å². The number of phenolic OH excluding ortho intramolecular Hbond substituents is 1. The fourth-order valence-corrected chi connectivity index (χ4v) is 7.11. The Hall–Kier alpha value is -2.80. The number of aromatic nitrogens is 2. The topological polar surface area (TPSA) is 82.0 Å². The molecule has 3 heterocycles. The minimum atomic E-state index is -2.72. The van der Waals surface area contributed by atoms with E-state index in [1.54, 1.807) is 11.0 Å². The molecule has 2 aliphatic heterocycles. The van der Waals surface area contributed by atoms with Crippen LogP contribution in [0, 0.1) is 8.99 Å². The first-order valence-corrected chi connectivity index (χ1v) is 15.5. The molecule has 1 saturated heterocycles. The van der Waals surface area contributed by atoms with E-state index in [1.165, 1.54) is 6.07 Å². The third-order valence-electron chi connectivity index (χ3n) is 8.74. The Bertz CT molecular complexity index is 1530. The highest BCUT2D eigenvalue weighted by Crippen LogP contribution is 2.46. The molecule has 3 aromatic rings. The van der Waals surface area contributed by atoms with Crippen LogP contribution in [0.2, 0.25) is 0 Å². The van der Waals surface area contributed by atoms with E-state index in [4.69, 9.17) is 14.7 Å². The fraction of sp³-hybridized carbons (Fsp3) is 0.516. The van der Waals surface area contributed by atoms with E-state index >= 15 is 0 Å². The highest BCUT2D eigenvalue weighted by Gasteiger charge is 2.44. The van der Waals surface area contributed by atoms with Gasteiger partial charge in [-0.05, 0) is 86.5 Å². The van der Waals surface area contributed by atoms with Gasteiger partial charge in [-0.2, -0.15) is 9.97 Å². The molecule has 8 nitrogen and oxygen atoms in total. The predicted octanol–water partition coefficient (Wildman–Crippen LogP) is 5.83. The number of phenols is 1. The minimum absolute atomic E-state index is 0.0202. The normalized spacial score (nSPS) is 21.0. The van der Waals surface area contributed by atoms with E-state index in [0.29, 0.717) is 30.1 Å². The number of fused-ring (bicyclic) bond motifs is 2. The maximum absolute atomic E-state index is 14.4. The van der Waals surface area contributed by atoms with Crippen molar-refractivity contribution in [3.05, 3.63) is 50.7 Å². The van der Waals surface area contributed by atoms with E-state index in [1.807, 2.05) is 44.1 Å². The Kier molecular flexibility index (Phi) is 7.70. The molecular weight excluding hydrogens is 655 g/mol. The Morgan fingerprint density at radius 2 is 1.95 bits per heavy atom. The summed E-state index contributed by atoms with van der Waals surface area (Å²) >= 11 is 2.20. The van der Waals surface area contributed by atoms with Crippen molar-refractivity contribution in [3.63, 3.8) is 0 Å². The second-order valence-electron chi connectivity index (χ2n) is 12.5. The summed E-state index contributed by atoms with van der Waals surface area (Å²) in [5.41, 5.74) is 1.92. The third-order valence-corrected chi connectivity index (χ3v) is 9.63. The summed E-state index contributed by atoms with van der Waals surface area (Å²) in [4.78, 5) is 29.4. The zero-order valence-corrected chi connectivity index (χ0v) is 26.3. The molecule has 1 unspecified atom stereocenters. The van der Waals surface area contributed by atoms with Crippen LogP contribution < -0.4 is 9.64 Å². The summed E-state index contributed by atoms with van der Waals surface area (Å²) in [6.45, 7) is 3.97. The molecule has 2 fully saturated rings. The number of carbonyl (C=O) groups excluding carboxylic acids is 1. The van der Waals surface area contributed by atoms with Gasteiger partial charge in [0.2, 0.25) is 5.92 Å². The van der Waals surface area contributed by atoms with Crippen molar-refractivity contribution in [1.82, 2.24) is 19.8 Å². The van der Waals surface area contributed by atoms with Gasteiger partial charge in [-0.1, -0.05) is 12.1 Å². The smallest absolute Gasteiger partial charge is 0.318 e. The summed E-state index contributed by atoms with van der Waals surface area (Å²) in [6, 6.07) is 8.93. The lowest BCUT2D eigenvalue weighted by molar-refractivity contribution is -0.0108. The molecule has 1 aromatic heterocycles. The van der Waals surface area contributed by atoms with Crippen molar-refractivity contribution in [2.24, 2.45) is 5.41 Å². The molecule has 0 bridgehead atoms.